The van der Waals surface area contributed by atoms with Crippen LogP contribution in [0.4, 0.5) is 13.2 Å². The summed E-state index contributed by atoms with van der Waals surface area (Å²) in [6.45, 7) is 1.27. The molecule has 0 amide bonds. The summed E-state index contributed by atoms with van der Waals surface area (Å²) in [5.74, 6) is 0. The van der Waals surface area contributed by atoms with Crippen molar-refractivity contribution in [1.82, 2.24) is 4.57 Å². The molecule has 1 rings (SSSR count). The number of hydrogen-bond acceptors (Lipinski definition) is 2. The highest BCUT2D eigenvalue weighted by atomic mass is 19.4. The zero-order valence-electron chi connectivity index (χ0n) is 8.84. The number of hydrogen-bond donors (Lipinski definition) is 1. The van der Waals surface area contributed by atoms with Crippen LogP contribution in [0.2, 0.25) is 0 Å². The Bertz CT molecular complexity index is 423. The van der Waals surface area contributed by atoms with Gasteiger partial charge >= 0.3 is 6.18 Å². The second kappa shape index (κ2) is 4.69. The number of pyridine rings is 1. The number of aromatic nitrogens is 1. The van der Waals surface area contributed by atoms with E-state index >= 15 is 0 Å². The first kappa shape index (κ1) is 12.8. The van der Waals surface area contributed by atoms with Crippen LogP contribution >= 0.6 is 0 Å². The van der Waals surface area contributed by atoms with Crippen LogP contribution in [-0.4, -0.2) is 10.7 Å². The maximum atomic E-state index is 12.0. The number of aryl methyl sites for hydroxylation is 1. The Kier molecular flexibility index (Phi) is 3.74. The number of rotatable bonds is 3. The van der Waals surface area contributed by atoms with Crippen molar-refractivity contribution in [2.24, 2.45) is 5.73 Å². The van der Waals surface area contributed by atoms with Gasteiger partial charge in [-0.15, -0.1) is 0 Å². The minimum atomic E-state index is -4.26. The third-order valence-electron chi connectivity index (χ3n) is 2.31. The minimum absolute atomic E-state index is 0.0329. The van der Waals surface area contributed by atoms with Gasteiger partial charge in [-0.2, -0.15) is 13.2 Å². The summed E-state index contributed by atoms with van der Waals surface area (Å²) in [7, 11) is 0. The molecule has 0 bridgehead atoms. The van der Waals surface area contributed by atoms with Crippen molar-refractivity contribution >= 4 is 0 Å². The smallest absolute Gasteiger partial charge is 0.326 e. The van der Waals surface area contributed by atoms with Crippen molar-refractivity contribution in [2.75, 3.05) is 0 Å². The number of halogens is 3. The van der Waals surface area contributed by atoms with E-state index in [0.29, 0.717) is 11.3 Å². The van der Waals surface area contributed by atoms with E-state index in [-0.39, 0.29) is 13.1 Å². The molecular weight excluding hydrogens is 221 g/mol. The SMILES string of the molecule is Cc1ccc(CN)c(=O)n1CCC(F)(F)F. The fourth-order valence-corrected chi connectivity index (χ4v) is 1.39. The molecule has 1 heterocycles. The fourth-order valence-electron chi connectivity index (χ4n) is 1.39. The van der Waals surface area contributed by atoms with E-state index in [2.05, 4.69) is 0 Å². The second-order valence-corrected chi connectivity index (χ2v) is 3.53. The molecule has 16 heavy (non-hydrogen) atoms. The zero-order valence-corrected chi connectivity index (χ0v) is 8.84. The normalized spacial score (nSPS) is 11.8. The molecule has 0 unspecified atom stereocenters. The first-order valence-corrected chi connectivity index (χ1v) is 4.81. The summed E-state index contributed by atoms with van der Waals surface area (Å²) in [5.41, 5.74) is 5.71. The van der Waals surface area contributed by atoms with E-state index in [1.54, 1.807) is 19.1 Å². The Morgan fingerprint density at radius 3 is 2.50 bits per heavy atom. The first-order chi connectivity index (χ1) is 7.35. The van der Waals surface area contributed by atoms with Gasteiger partial charge in [0, 0.05) is 24.3 Å². The average molecular weight is 234 g/mol. The largest absolute Gasteiger partial charge is 0.390 e. The monoisotopic (exact) mass is 234 g/mol. The molecule has 0 aliphatic heterocycles. The third kappa shape index (κ3) is 3.10. The predicted molar refractivity (Wildman–Crippen MR) is 54.0 cm³/mol. The van der Waals surface area contributed by atoms with Crippen LogP contribution in [0.1, 0.15) is 17.7 Å². The van der Waals surface area contributed by atoms with Crippen LogP contribution in [0, 0.1) is 6.92 Å². The van der Waals surface area contributed by atoms with Crippen LogP contribution in [0.3, 0.4) is 0 Å². The molecule has 0 saturated carbocycles. The molecule has 2 N–H and O–H groups in total. The molecule has 0 radical (unpaired) electrons. The number of nitrogens with zero attached hydrogens (tertiary/aromatic N) is 1. The van der Waals surface area contributed by atoms with Crippen LogP contribution in [0.5, 0.6) is 0 Å². The summed E-state index contributed by atoms with van der Waals surface area (Å²) >= 11 is 0. The Labute approximate surface area is 90.7 Å². The van der Waals surface area contributed by atoms with Crippen molar-refractivity contribution < 1.29 is 13.2 Å². The number of alkyl halides is 3. The molecule has 0 aliphatic rings. The van der Waals surface area contributed by atoms with Gasteiger partial charge in [0.2, 0.25) is 0 Å². The Hall–Kier alpha value is -1.30. The van der Waals surface area contributed by atoms with Crippen LogP contribution in [0.25, 0.3) is 0 Å². The van der Waals surface area contributed by atoms with Crippen LogP contribution < -0.4 is 11.3 Å². The van der Waals surface area contributed by atoms with Gasteiger partial charge in [-0.1, -0.05) is 6.07 Å². The van der Waals surface area contributed by atoms with E-state index in [9.17, 15) is 18.0 Å². The van der Waals surface area contributed by atoms with Crippen molar-refractivity contribution in [1.29, 1.82) is 0 Å². The van der Waals surface area contributed by atoms with Gasteiger partial charge in [0.1, 0.15) is 0 Å². The highest BCUT2D eigenvalue weighted by Gasteiger charge is 2.27. The highest BCUT2D eigenvalue weighted by Crippen LogP contribution is 2.20. The molecule has 0 aromatic carbocycles. The Morgan fingerprint density at radius 2 is 2.00 bits per heavy atom. The average Bonchev–Trinajstić information content (AvgIpc) is 2.16. The predicted octanol–water partition coefficient (Wildman–Crippen LogP) is 1.57. The van der Waals surface area contributed by atoms with E-state index in [1.807, 2.05) is 0 Å². The van der Waals surface area contributed by atoms with Gasteiger partial charge in [-0.25, -0.2) is 0 Å². The molecule has 1 aromatic rings. The Balaban J connectivity index is 2.99. The highest BCUT2D eigenvalue weighted by molar-refractivity contribution is 5.15. The topological polar surface area (TPSA) is 48.0 Å². The lowest BCUT2D eigenvalue weighted by Crippen LogP contribution is -2.28. The Morgan fingerprint density at radius 1 is 1.38 bits per heavy atom. The lowest BCUT2D eigenvalue weighted by molar-refractivity contribution is -0.136. The second-order valence-electron chi connectivity index (χ2n) is 3.53. The van der Waals surface area contributed by atoms with Gasteiger partial charge in [0.05, 0.1) is 6.42 Å². The molecule has 0 spiro atoms. The molecule has 6 heteroatoms. The van der Waals surface area contributed by atoms with Crippen LogP contribution in [0.15, 0.2) is 16.9 Å². The zero-order chi connectivity index (χ0) is 12.3. The molecular formula is C10H13F3N2O. The van der Waals surface area contributed by atoms with E-state index in [4.69, 9.17) is 5.73 Å². The molecule has 0 saturated heterocycles. The summed E-state index contributed by atoms with van der Waals surface area (Å²) in [5, 5.41) is 0. The van der Waals surface area contributed by atoms with E-state index in [0.717, 1.165) is 4.57 Å². The standard InChI is InChI=1S/C10H13F3N2O/c1-7-2-3-8(6-14)9(16)15(7)5-4-10(11,12)13/h2-3H,4-6,14H2,1H3. The molecule has 0 aliphatic carbocycles. The summed E-state index contributed by atoms with van der Waals surface area (Å²) < 4.78 is 37.2. The van der Waals surface area contributed by atoms with Gasteiger partial charge in [-0.3, -0.25) is 4.79 Å². The van der Waals surface area contributed by atoms with Crippen molar-refractivity contribution in [3.63, 3.8) is 0 Å². The first-order valence-electron chi connectivity index (χ1n) is 4.81. The number of nitrogens with two attached hydrogens (primary N) is 1. The third-order valence-corrected chi connectivity index (χ3v) is 2.31. The van der Waals surface area contributed by atoms with Crippen molar-refractivity contribution in [3.05, 3.63) is 33.7 Å². The summed E-state index contributed by atoms with van der Waals surface area (Å²) in [6, 6.07) is 3.14. The van der Waals surface area contributed by atoms with Crippen molar-refractivity contribution in [2.45, 2.75) is 32.6 Å². The summed E-state index contributed by atoms with van der Waals surface area (Å²) in [4.78, 5) is 11.7. The van der Waals surface area contributed by atoms with Gasteiger partial charge in [0.15, 0.2) is 0 Å². The molecule has 0 fully saturated rings. The molecule has 0 atom stereocenters. The van der Waals surface area contributed by atoms with Gasteiger partial charge in [-0.05, 0) is 13.0 Å². The molecule has 90 valence electrons. The van der Waals surface area contributed by atoms with Gasteiger partial charge in [0.25, 0.3) is 5.56 Å². The van der Waals surface area contributed by atoms with Gasteiger partial charge < -0.3 is 10.3 Å². The van der Waals surface area contributed by atoms with Crippen molar-refractivity contribution in [3.8, 4) is 0 Å². The van der Waals surface area contributed by atoms with E-state index < -0.39 is 18.2 Å². The summed E-state index contributed by atoms with van der Waals surface area (Å²) in [6.07, 6.45) is -5.27. The maximum absolute atomic E-state index is 12.0. The quantitative estimate of drug-likeness (QED) is 0.862. The lowest BCUT2D eigenvalue weighted by Gasteiger charge is -2.12. The molecule has 3 nitrogen and oxygen atoms in total. The lowest BCUT2D eigenvalue weighted by atomic mass is 10.2. The minimum Gasteiger partial charge on any atom is -0.326 e. The maximum Gasteiger partial charge on any atom is 0.390 e. The van der Waals surface area contributed by atoms with Crippen LogP contribution in [-0.2, 0) is 13.1 Å². The molecule has 1 aromatic heterocycles. The fraction of sp³-hybridized carbons (Fsp3) is 0.500. The van der Waals surface area contributed by atoms with E-state index in [1.165, 1.54) is 0 Å².